The zero-order valence-corrected chi connectivity index (χ0v) is 13.2. The minimum absolute atomic E-state index is 0.206. The van der Waals surface area contributed by atoms with Gasteiger partial charge in [-0.05, 0) is 29.7 Å². The van der Waals surface area contributed by atoms with Gasteiger partial charge >= 0.3 is 5.69 Å². The second kappa shape index (κ2) is 7.28. The quantitative estimate of drug-likeness (QED) is 0.706. The van der Waals surface area contributed by atoms with E-state index < -0.39 is 0 Å². The molecule has 0 spiro atoms. The smallest absolute Gasteiger partial charge is 0.270 e. The van der Waals surface area contributed by atoms with Gasteiger partial charge in [0.2, 0.25) is 0 Å². The SMILES string of the molecule is O=c1[nH]nc(SCc2ccc(F)cc2)n1CCc1ccccc1. The number of halogens is 1. The van der Waals surface area contributed by atoms with Crippen LogP contribution < -0.4 is 5.69 Å². The third-order valence-electron chi connectivity index (χ3n) is 3.47. The summed E-state index contributed by atoms with van der Waals surface area (Å²) in [5.74, 6) is 0.383. The number of benzene rings is 2. The number of aryl methyl sites for hydroxylation is 1. The molecule has 3 aromatic rings. The Bertz CT molecular complexity index is 812. The van der Waals surface area contributed by atoms with Crippen LogP contribution in [0.2, 0.25) is 0 Å². The van der Waals surface area contributed by atoms with Crippen molar-refractivity contribution >= 4 is 11.8 Å². The number of aromatic nitrogens is 3. The van der Waals surface area contributed by atoms with Crippen LogP contribution >= 0.6 is 11.8 Å². The van der Waals surface area contributed by atoms with Crippen LogP contribution in [-0.2, 0) is 18.7 Å². The van der Waals surface area contributed by atoms with Crippen LogP contribution in [0, 0.1) is 5.82 Å². The monoisotopic (exact) mass is 329 g/mol. The van der Waals surface area contributed by atoms with Gasteiger partial charge in [0.25, 0.3) is 0 Å². The second-order valence-electron chi connectivity index (χ2n) is 5.11. The molecule has 0 aliphatic heterocycles. The number of nitrogens with zero attached hydrogens (tertiary/aromatic N) is 2. The molecule has 1 N–H and O–H groups in total. The summed E-state index contributed by atoms with van der Waals surface area (Å²) < 4.78 is 14.5. The first kappa shape index (κ1) is 15.6. The first-order chi connectivity index (χ1) is 11.2. The molecule has 0 amide bonds. The number of aromatic amines is 1. The number of hydrogen-bond donors (Lipinski definition) is 1. The van der Waals surface area contributed by atoms with E-state index in [0.717, 1.165) is 12.0 Å². The molecular weight excluding hydrogens is 313 g/mol. The van der Waals surface area contributed by atoms with E-state index in [0.29, 0.717) is 17.5 Å². The van der Waals surface area contributed by atoms with Gasteiger partial charge in [0.1, 0.15) is 5.82 Å². The average Bonchev–Trinajstić information content (AvgIpc) is 2.93. The minimum Gasteiger partial charge on any atom is -0.270 e. The Balaban J connectivity index is 1.66. The second-order valence-corrected chi connectivity index (χ2v) is 6.06. The van der Waals surface area contributed by atoms with E-state index in [-0.39, 0.29) is 11.5 Å². The number of thioether (sulfide) groups is 1. The lowest BCUT2D eigenvalue weighted by Crippen LogP contribution is -2.18. The Morgan fingerprint density at radius 1 is 1.04 bits per heavy atom. The lowest BCUT2D eigenvalue weighted by Gasteiger charge is -2.06. The van der Waals surface area contributed by atoms with E-state index in [4.69, 9.17) is 0 Å². The number of nitrogens with one attached hydrogen (secondary N) is 1. The molecule has 2 aromatic carbocycles. The summed E-state index contributed by atoms with van der Waals surface area (Å²) in [6.45, 7) is 0.575. The number of H-pyrrole nitrogens is 1. The largest absolute Gasteiger partial charge is 0.343 e. The standard InChI is InChI=1S/C17H16FN3OS/c18-15-8-6-14(7-9-15)12-23-17-20-19-16(22)21(17)11-10-13-4-2-1-3-5-13/h1-9H,10-12H2,(H,19,22). The molecule has 118 valence electrons. The van der Waals surface area contributed by atoms with Gasteiger partial charge in [0, 0.05) is 12.3 Å². The topological polar surface area (TPSA) is 50.7 Å². The van der Waals surface area contributed by atoms with Gasteiger partial charge in [-0.25, -0.2) is 14.3 Å². The minimum atomic E-state index is -0.252. The van der Waals surface area contributed by atoms with Crippen LogP contribution in [0.25, 0.3) is 0 Å². The highest BCUT2D eigenvalue weighted by molar-refractivity contribution is 7.98. The van der Waals surface area contributed by atoms with Gasteiger partial charge in [0.05, 0.1) is 0 Å². The zero-order chi connectivity index (χ0) is 16.1. The fraction of sp³-hybridized carbons (Fsp3) is 0.176. The summed E-state index contributed by atoms with van der Waals surface area (Å²) in [6.07, 6.45) is 0.768. The van der Waals surface area contributed by atoms with Crippen molar-refractivity contribution < 1.29 is 4.39 Å². The maximum Gasteiger partial charge on any atom is 0.343 e. The Kier molecular flexibility index (Phi) is 4.92. The van der Waals surface area contributed by atoms with E-state index in [1.165, 1.54) is 29.5 Å². The fourth-order valence-corrected chi connectivity index (χ4v) is 3.15. The van der Waals surface area contributed by atoms with Crippen molar-refractivity contribution in [3.63, 3.8) is 0 Å². The van der Waals surface area contributed by atoms with Gasteiger partial charge in [0.15, 0.2) is 5.16 Å². The molecule has 0 fully saturated rings. The molecule has 0 aliphatic carbocycles. The molecule has 0 unspecified atom stereocenters. The molecule has 1 aromatic heterocycles. The summed E-state index contributed by atoms with van der Waals surface area (Å²) >= 11 is 1.46. The maximum atomic E-state index is 12.9. The van der Waals surface area contributed by atoms with E-state index in [1.807, 2.05) is 30.3 Å². The molecule has 0 saturated heterocycles. The zero-order valence-electron chi connectivity index (χ0n) is 12.4. The molecule has 0 saturated carbocycles. The summed E-state index contributed by atoms with van der Waals surface area (Å²) in [6, 6.07) is 16.4. The van der Waals surface area contributed by atoms with Gasteiger partial charge in [-0.2, -0.15) is 0 Å². The van der Waals surface area contributed by atoms with Crippen LogP contribution in [0.3, 0.4) is 0 Å². The van der Waals surface area contributed by atoms with Crippen LogP contribution in [0.5, 0.6) is 0 Å². The van der Waals surface area contributed by atoms with Crippen molar-refractivity contribution in [2.24, 2.45) is 0 Å². The molecule has 0 atom stereocenters. The number of hydrogen-bond acceptors (Lipinski definition) is 3. The molecule has 4 nitrogen and oxygen atoms in total. The van der Waals surface area contributed by atoms with Crippen molar-refractivity contribution in [2.45, 2.75) is 23.9 Å². The molecule has 0 radical (unpaired) electrons. The fourth-order valence-electron chi connectivity index (χ4n) is 2.22. The summed E-state index contributed by atoms with van der Waals surface area (Å²) in [5, 5.41) is 7.22. The molecule has 0 bridgehead atoms. The third-order valence-corrected chi connectivity index (χ3v) is 4.52. The Morgan fingerprint density at radius 2 is 1.78 bits per heavy atom. The highest BCUT2D eigenvalue weighted by atomic mass is 32.2. The highest BCUT2D eigenvalue weighted by Crippen LogP contribution is 2.20. The van der Waals surface area contributed by atoms with Gasteiger partial charge < -0.3 is 0 Å². The Hall–Kier alpha value is -2.34. The van der Waals surface area contributed by atoms with Crippen molar-refractivity contribution in [3.8, 4) is 0 Å². The van der Waals surface area contributed by atoms with E-state index >= 15 is 0 Å². The van der Waals surface area contributed by atoms with Crippen molar-refractivity contribution in [1.82, 2.24) is 14.8 Å². The van der Waals surface area contributed by atoms with Crippen molar-refractivity contribution in [3.05, 3.63) is 82.0 Å². The van der Waals surface area contributed by atoms with E-state index in [1.54, 1.807) is 16.7 Å². The van der Waals surface area contributed by atoms with Crippen molar-refractivity contribution in [2.75, 3.05) is 0 Å². The van der Waals surface area contributed by atoms with Gasteiger partial charge in [-0.3, -0.25) is 4.57 Å². The highest BCUT2D eigenvalue weighted by Gasteiger charge is 2.09. The van der Waals surface area contributed by atoms with Crippen LogP contribution in [0.15, 0.2) is 64.5 Å². The average molecular weight is 329 g/mol. The van der Waals surface area contributed by atoms with E-state index in [9.17, 15) is 9.18 Å². The van der Waals surface area contributed by atoms with Crippen LogP contribution in [-0.4, -0.2) is 14.8 Å². The number of rotatable bonds is 6. The summed E-state index contributed by atoms with van der Waals surface area (Å²) in [7, 11) is 0. The van der Waals surface area contributed by atoms with Gasteiger partial charge in [-0.15, -0.1) is 5.10 Å². The Labute approximate surface area is 137 Å². The molecule has 0 aliphatic rings. The lowest BCUT2D eigenvalue weighted by molar-refractivity contribution is 0.616. The molecule has 6 heteroatoms. The molecule has 1 heterocycles. The molecular formula is C17H16FN3OS. The van der Waals surface area contributed by atoms with E-state index in [2.05, 4.69) is 10.2 Å². The summed E-state index contributed by atoms with van der Waals surface area (Å²) in [5.41, 5.74) is 1.96. The van der Waals surface area contributed by atoms with Crippen molar-refractivity contribution in [1.29, 1.82) is 0 Å². The molecule has 23 heavy (non-hydrogen) atoms. The lowest BCUT2D eigenvalue weighted by atomic mass is 10.1. The molecule has 3 rings (SSSR count). The first-order valence-corrected chi connectivity index (χ1v) is 8.27. The van der Waals surface area contributed by atoms with Gasteiger partial charge in [-0.1, -0.05) is 54.2 Å². The predicted octanol–water partition coefficient (Wildman–Crippen LogP) is 3.25. The maximum absolute atomic E-state index is 12.9. The van der Waals surface area contributed by atoms with Crippen LogP contribution in [0.4, 0.5) is 4.39 Å². The predicted molar refractivity (Wildman–Crippen MR) is 89.0 cm³/mol. The Morgan fingerprint density at radius 3 is 2.52 bits per heavy atom. The third kappa shape index (κ3) is 4.10. The summed E-state index contributed by atoms with van der Waals surface area (Å²) in [4.78, 5) is 11.9. The normalized spacial score (nSPS) is 10.8. The van der Waals surface area contributed by atoms with Crippen LogP contribution in [0.1, 0.15) is 11.1 Å². The first-order valence-electron chi connectivity index (χ1n) is 7.29.